The Hall–Kier alpha value is -2.86. The molecule has 4 rings (SSSR count). The fourth-order valence-corrected chi connectivity index (χ4v) is 4.28. The molecule has 1 aliphatic carbocycles. The number of nitrogens with zero attached hydrogens (tertiary/aromatic N) is 2. The van der Waals surface area contributed by atoms with Crippen molar-refractivity contribution >= 4 is 17.4 Å². The molecule has 0 aliphatic heterocycles. The van der Waals surface area contributed by atoms with Crippen LogP contribution in [-0.4, -0.2) is 21.3 Å². The van der Waals surface area contributed by atoms with Crippen LogP contribution in [0.15, 0.2) is 42.6 Å². The SMILES string of the molecule is CCc1nc2c(C(=O)NCc3cccc(CN)c3)cccn2c1NC1CCCCC1. The van der Waals surface area contributed by atoms with E-state index in [0.29, 0.717) is 30.3 Å². The van der Waals surface area contributed by atoms with Crippen LogP contribution in [-0.2, 0) is 19.5 Å². The number of imidazole rings is 1. The van der Waals surface area contributed by atoms with Crippen LogP contribution < -0.4 is 16.4 Å². The second-order valence-corrected chi connectivity index (χ2v) is 8.06. The van der Waals surface area contributed by atoms with Gasteiger partial charge in [0.05, 0.1) is 11.3 Å². The van der Waals surface area contributed by atoms with Crippen molar-refractivity contribution in [1.29, 1.82) is 0 Å². The molecule has 1 fully saturated rings. The van der Waals surface area contributed by atoms with Crippen molar-refractivity contribution < 1.29 is 4.79 Å². The third-order valence-corrected chi connectivity index (χ3v) is 5.93. The highest BCUT2D eigenvalue weighted by Crippen LogP contribution is 2.26. The maximum absolute atomic E-state index is 13.0. The summed E-state index contributed by atoms with van der Waals surface area (Å²) in [4.78, 5) is 17.8. The summed E-state index contributed by atoms with van der Waals surface area (Å²) in [5.74, 6) is 0.917. The lowest BCUT2D eigenvalue weighted by molar-refractivity contribution is 0.0952. The Labute approximate surface area is 177 Å². The number of nitrogens with one attached hydrogen (secondary N) is 2. The van der Waals surface area contributed by atoms with Crippen molar-refractivity contribution in [3.63, 3.8) is 0 Å². The first-order chi connectivity index (χ1) is 14.7. The number of aryl methyl sites for hydroxylation is 1. The van der Waals surface area contributed by atoms with Crippen LogP contribution in [0.4, 0.5) is 5.82 Å². The van der Waals surface area contributed by atoms with Crippen LogP contribution in [0, 0.1) is 0 Å². The van der Waals surface area contributed by atoms with Gasteiger partial charge in [0, 0.05) is 25.3 Å². The predicted molar refractivity (Wildman–Crippen MR) is 121 cm³/mol. The number of pyridine rings is 1. The minimum Gasteiger partial charge on any atom is -0.367 e. The quantitative estimate of drug-likeness (QED) is 0.554. The van der Waals surface area contributed by atoms with E-state index < -0.39 is 0 Å². The summed E-state index contributed by atoms with van der Waals surface area (Å²) in [5, 5.41) is 6.75. The molecule has 0 radical (unpaired) electrons. The zero-order valence-electron chi connectivity index (χ0n) is 17.7. The van der Waals surface area contributed by atoms with Crippen molar-refractivity contribution in [3.05, 3.63) is 65.0 Å². The highest BCUT2D eigenvalue weighted by molar-refractivity contribution is 6.00. The fraction of sp³-hybridized carbons (Fsp3) is 0.417. The minimum atomic E-state index is -0.115. The predicted octanol–water partition coefficient (Wildman–Crippen LogP) is 4.03. The number of nitrogens with two attached hydrogens (primary N) is 1. The lowest BCUT2D eigenvalue weighted by atomic mass is 9.95. The van der Waals surface area contributed by atoms with Gasteiger partial charge in [0.15, 0.2) is 5.65 Å². The fourth-order valence-electron chi connectivity index (χ4n) is 4.28. The Balaban J connectivity index is 1.57. The smallest absolute Gasteiger partial charge is 0.255 e. The van der Waals surface area contributed by atoms with Gasteiger partial charge in [-0.25, -0.2) is 4.98 Å². The number of hydrogen-bond acceptors (Lipinski definition) is 4. The molecule has 1 aromatic carbocycles. The molecule has 0 unspecified atom stereocenters. The number of aromatic nitrogens is 2. The van der Waals surface area contributed by atoms with E-state index in [0.717, 1.165) is 29.1 Å². The topological polar surface area (TPSA) is 84.5 Å². The van der Waals surface area contributed by atoms with Crippen LogP contribution in [0.5, 0.6) is 0 Å². The minimum absolute atomic E-state index is 0.115. The number of carbonyl (C=O) groups excluding carboxylic acids is 1. The molecular weight excluding hydrogens is 374 g/mol. The molecule has 0 spiro atoms. The van der Waals surface area contributed by atoms with E-state index in [2.05, 4.69) is 17.6 Å². The number of carbonyl (C=O) groups is 1. The third kappa shape index (κ3) is 4.33. The molecule has 6 nitrogen and oxygen atoms in total. The van der Waals surface area contributed by atoms with Gasteiger partial charge >= 0.3 is 0 Å². The molecule has 2 aromatic heterocycles. The Bertz CT molecular complexity index is 1020. The maximum atomic E-state index is 13.0. The van der Waals surface area contributed by atoms with Crippen LogP contribution in [0.3, 0.4) is 0 Å². The Morgan fingerprint density at radius 2 is 1.97 bits per heavy atom. The highest BCUT2D eigenvalue weighted by atomic mass is 16.1. The standard InChI is InChI=1S/C24H31N5O/c1-2-21-23(27-19-10-4-3-5-11-19)29-13-7-12-20(22(29)28-21)24(30)26-16-18-9-6-8-17(14-18)15-25/h6-9,12-14,19,27H,2-5,10-11,15-16,25H2,1H3,(H,26,30). The molecule has 4 N–H and O–H groups in total. The summed E-state index contributed by atoms with van der Waals surface area (Å²) in [5.41, 5.74) is 10.1. The second kappa shape index (κ2) is 9.30. The van der Waals surface area contributed by atoms with E-state index in [1.54, 1.807) is 0 Å². The van der Waals surface area contributed by atoms with Crippen molar-refractivity contribution in [2.24, 2.45) is 5.73 Å². The number of amides is 1. The highest BCUT2D eigenvalue weighted by Gasteiger charge is 2.20. The zero-order valence-corrected chi connectivity index (χ0v) is 17.7. The molecule has 30 heavy (non-hydrogen) atoms. The third-order valence-electron chi connectivity index (χ3n) is 5.93. The summed E-state index contributed by atoms with van der Waals surface area (Å²) in [6, 6.07) is 12.2. The van der Waals surface area contributed by atoms with Gasteiger partial charge in [0.25, 0.3) is 5.91 Å². The van der Waals surface area contributed by atoms with E-state index in [4.69, 9.17) is 10.7 Å². The average molecular weight is 406 g/mol. The van der Waals surface area contributed by atoms with E-state index >= 15 is 0 Å². The number of rotatable bonds is 7. The first-order valence-corrected chi connectivity index (χ1v) is 11.0. The van der Waals surface area contributed by atoms with Gasteiger partial charge in [-0.1, -0.05) is 50.5 Å². The van der Waals surface area contributed by atoms with Crippen LogP contribution in [0.25, 0.3) is 5.65 Å². The van der Waals surface area contributed by atoms with Crippen molar-refractivity contribution in [3.8, 4) is 0 Å². The lowest BCUT2D eigenvalue weighted by Crippen LogP contribution is -2.24. The normalized spacial score (nSPS) is 14.7. The van der Waals surface area contributed by atoms with Crippen LogP contribution in [0.1, 0.15) is 66.2 Å². The summed E-state index contributed by atoms with van der Waals surface area (Å²) < 4.78 is 2.04. The summed E-state index contributed by atoms with van der Waals surface area (Å²) in [6.07, 6.45) is 9.07. The number of benzene rings is 1. The molecule has 0 bridgehead atoms. The van der Waals surface area contributed by atoms with Gasteiger partial charge < -0.3 is 16.4 Å². The molecule has 1 saturated carbocycles. The monoisotopic (exact) mass is 405 g/mol. The number of hydrogen-bond donors (Lipinski definition) is 3. The average Bonchev–Trinajstić information content (AvgIpc) is 3.16. The van der Waals surface area contributed by atoms with Gasteiger partial charge in [0.2, 0.25) is 0 Å². The van der Waals surface area contributed by atoms with Crippen molar-refractivity contribution in [1.82, 2.24) is 14.7 Å². The largest absolute Gasteiger partial charge is 0.367 e. The Kier molecular flexibility index (Phi) is 6.33. The van der Waals surface area contributed by atoms with E-state index in [1.165, 1.54) is 32.1 Å². The molecular formula is C24H31N5O. The molecule has 2 heterocycles. The van der Waals surface area contributed by atoms with Gasteiger partial charge in [-0.05, 0) is 42.5 Å². The first-order valence-electron chi connectivity index (χ1n) is 11.0. The molecule has 1 aliphatic rings. The molecule has 3 aromatic rings. The summed E-state index contributed by atoms with van der Waals surface area (Å²) in [6.45, 7) is 3.06. The maximum Gasteiger partial charge on any atom is 0.255 e. The van der Waals surface area contributed by atoms with Crippen LogP contribution >= 0.6 is 0 Å². The zero-order chi connectivity index (χ0) is 20.9. The van der Waals surface area contributed by atoms with Crippen molar-refractivity contribution in [2.45, 2.75) is 64.6 Å². The molecule has 6 heteroatoms. The van der Waals surface area contributed by atoms with E-state index in [1.807, 2.05) is 47.0 Å². The van der Waals surface area contributed by atoms with Crippen LogP contribution in [0.2, 0.25) is 0 Å². The molecule has 0 atom stereocenters. The van der Waals surface area contributed by atoms with Gasteiger partial charge in [-0.3, -0.25) is 9.20 Å². The van der Waals surface area contributed by atoms with Gasteiger partial charge in [-0.2, -0.15) is 0 Å². The van der Waals surface area contributed by atoms with Gasteiger partial charge in [0.1, 0.15) is 5.82 Å². The second-order valence-electron chi connectivity index (χ2n) is 8.06. The number of anilines is 1. The Morgan fingerprint density at radius 3 is 2.73 bits per heavy atom. The number of fused-ring (bicyclic) bond motifs is 1. The molecule has 1 amide bonds. The summed E-state index contributed by atoms with van der Waals surface area (Å²) in [7, 11) is 0. The van der Waals surface area contributed by atoms with Crippen molar-refractivity contribution in [2.75, 3.05) is 5.32 Å². The Morgan fingerprint density at radius 1 is 1.17 bits per heavy atom. The van der Waals surface area contributed by atoms with E-state index in [-0.39, 0.29) is 5.91 Å². The first kappa shape index (κ1) is 20.4. The summed E-state index contributed by atoms with van der Waals surface area (Å²) >= 11 is 0. The van der Waals surface area contributed by atoms with E-state index in [9.17, 15) is 4.79 Å². The van der Waals surface area contributed by atoms with Gasteiger partial charge in [-0.15, -0.1) is 0 Å². The molecule has 158 valence electrons. The molecule has 0 saturated heterocycles. The lowest BCUT2D eigenvalue weighted by Gasteiger charge is -2.24.